The van der Waals surface area contributed by atoms with Crippen LogP contribution in [0.4, 0.5) is 0 Å². The second kappa shape index (κ2) is 2.02. The summed E-state index contributed by atoms with van der Waals surface area (Å²) in [6.45, 7) is 0. The lowest BCUT2D eigenvalue weighted by Gasteiger charge is -1.86. The molecule has 0 saturated heterocycles. The molecule has 30 valence electrons. The Kier molecular flexibility index (Phi) is 1.92. The lowest BCUT2D eigenvalue weighted by molar-refractivity contribution is -0.417. The number of hydrogen-bond acceptors (Lipinski definition) is 2. The molecule has 0 saturated carbocycles. The van der Waals surface area contributed by atoms with Crippen LogP contribution in [0.3, 0.4) is 0 Å². The third kappa shape index (κ3) is 3.75. The quantitative estimate of drug-likeness (QED) is 0.233. The molecule has 0 amide bonds. The summed E-state index contributed by atoms with van der Waals surface area (Å²) in [5.74, 6) is 0. The average molecular weight is 139 g/mol. The third-order valence-electron chi connectivity index (χ3n) is 0.0797. The van der Waals surface area contributed by atoms with E-state index in [4.69, 9.17) is 10.1 Å². The van der Waals surface area contributed by atoms with E-state index in [2.05, 4.69) is 15.9 Å². The molecular weight excluding hydrogens is 138 g/mol. The van der Waals surface area contributed by atoms with Crippen molar-refractivity contribution in [2.24, 2.45) is 0 Å². The molecule has 0 spiro atoms. The van der Waals surface area contributed by atoms with Gasteiger partial charge in [-0.05, 0) is 0 Å². The molecule has 0 N–H and O–H groups in total. The Morgan fingerprint density at radius 2 is 2.20 bits per heavy atom. The summed E-state index contributed by atoms with van der Waals surface area (Å²) in [4.78, 5) is 8.49. The van der Waals surface area contributed by atoms with E-state index in [0.717, 1.165) is 0 Å². The fourth-order valence-corrected chi connectivity index (χ4v) is 0. The van der Waals surface area contributed by atoms with E-state index in [1.165, 1.54) is 0 Å². The van der Waals surface area contributed by atoms with Crippen LogP contribution in [0.5, 0.6) is 0 Å². The Morgan fingerprint density at radius 3 is 2.20 bits per heavy atom. The Balaban J connectivity index is 2.85. The van der Waals surface area contributed by atoms with Crippen LogP contribution in [-0.4, -0.2) is 4.92 Å². The molecular formula is CHBrNO2-. The maximum Gasteiger partial charge on any atom is 0.00263 e. The largest absolute Gasteiger partial charge is 0.294 e. The van der Waals surface area contributed by atoms with Crippen molar-refractivity contribution in [1.29, 1.82) is 0 Å². The second-order valence-electron chi connectivity index (χ2n) is 0.383. The van der Waals surface area contributed by atoms with Gasteiger partial charge in [0.2, 0.25) is 0 Å². The minimum absolute atomic E-state index is 0.583. The summed E-state index contributed by atoms with van der Waals surface area (Å²) in [7, 11) is 0. The van der Waals surface area contributed by atoms with E-state index in [0.29, 0.717) is 5.45 Å². The molecule has 0 radical (unpaired) electrons. The van der Waals surface area contributed by atoms with Crippen LogP contribution in [-0.2, 0) is 0 Å². The summed E-state index contributed by atoms with van der Waals surface area (Å²) in [6.07, 6.45) is 0. The summed E-state index contributed by atoms with van der Waals surface area (Å²) < 4.78 is 0. The van der Waals surface area contributed by atoms with Gasteiger partial charge in [-0.3, -0.25) is 10.1 Å². The molecule has 0 aromatic rings. The van der Waals surface area contributed by atoms with Gasteiger partial charge in [0.15, 0.2) is 0 Å². The van der Waals surface area contributed by atoms with E-state index >= 15 is 0 Å². The molecule has 0 aromatic heterocycles. The fraction of sp³-hybridized carbons (Fsp3) is 0. The van der Waals surface area contributed by atoms with Crippen molar-refractivity contribution in [2.75, 3.05) is 0 Å². The first-order chi connectivity index (χ1) is 2.27. The zero-order chi connectivity index (χ0) is 4.28. The molecule has 0 aliphatic rings. The van der Waals surface area contributed by atoms with Gasteiger partial charge in [0, 0.05) is 5.45 Å². The highest BCUT2D eigenvalue weighted by Crippen LogP contribution is 1.84. The van der Waals surface area contributed by atoms with Gasteiger partial charge in [-0.2, -0.15) is 0 Å². The van der Waals surface area contributed by atoms with Gasteiger partial charge in [-0.25, -0.2) is 15.9 Å². The number of halogens is 1. The first-order valence-electron chi connectivity index (χ1n) is 0.842. The van der Waals surface area contributed by atoms with Crippen molar-refractivity contribution in [3.8, 4) is 0 Å². The van der Waals surface area contributed by atoms with Crippen LogP contribution in [0.25, 0.3) is 0 Å². The standard InChI is InChI=1S/CHBrNO2/c2-1-3(4)5/h1H/q-1. The van der Waals surface area contributed by atoms with Crippen molar-refractivity contribution >= 4 is 15.9 Å². The van der Waals surface area contributed by atoms with Crippen LogP contribution < -0.4 is 0 Å². The predicted molar refractivity (Wildman–Crippen MR) is 20.2 cm³/mol. The number of rotatable bonds is 1. The van der Waals surface area contributed by atoms with E-state index < -0.39 is 4.92 Å². The van der Waals surface area contributed by atoms with Crippen molar-refractivity contribution in [3.63, 3.8) is 0 Å². The molecule has 4 heteroatoms. The molecule has 0 fully saturated rings. The number of hydrogen-bond donors (Lipinski definition) is 0. The van der Waals surface area contributed by atoms with Crippen LogP contribution in [0.15, 0.2) is 0 Å². The number of nitro groups is 1. The van der Waals surface area contributed by atoms with Gasteiger partial charge in [0.05, 0.1) is 0 Å². The van der Waals surface area contributed by atoms with Gasteiger partial charge < -0.3 is 0 Å². The highest BCUT2D eigenvalue weighted by Gasteiger charge is 1.62. The summed E-state index contributed by atoms with van der Waals surface area (Å²) in [6, 6.07) is 0. The molecule has 0 aliphatic carbocycles. The lowest BCUT2D eigenvalue weighted by atomic mass is 11.5. The number of nitrogens with zero attached hydrogens (tertiary/aromatic N) is 1. The van der Waals surface area contributed by atoms with Gasteiger partial charge in [0.25, 0.3) is 0 Å². The Labute approximate surface area is 37.3 Å². The highest BCUT2D eigenvalue weighted by atomic mass is 79.9. The first-order valence-corrected chi connectivity index (χ1v) is 1.76. The van der Waals surface area contributed by atoms with Gasteiger partial charge in [-0.1, -0.05) is 0 Å². The first kappa shape index (κ1) is 4.75. The monoisotopic (exact) mass is 138 g/mol. The van der Waals surface area contributed by atoms with E-state index in [1.807, 2.05) is 0 Å². The third-order valence-corrected chi connectivity index (χ3v) is 0.414. The van der Waals surface area contributed by atoms with Crippen molar-refractivity contribution in [1.82, 2.24) is 0 Å². The maximum atomic E-state index is 9.07. The lowest BCUT2D eigenvalue weighted by Crippen LogP contribution is -1.81. The molecule has 0 heterocycles. The van der Waals surface area contributed by atoms with Gasteiger partial charge in [-0.15, -0.1) is 4.92 Å². The average Bonchev–Trinajstić information content (AvgIpc) is 1.38. The zero-order valence-electron chi connectivity index (χ0n) is 2.22. The van der Waals surface area contributed by atoms with E-state index in [1.54, 1.807) is 0 Å². The Morgan fingerprint density at radius 1 is 2.00 bits per heavy atom. The predicted octanol–water partition coefficient (Wildman–Crippen LogP) is 0.777. The van der Waals surface area contributed by atoms with Gasteiger partial charge in [0.1, 0.15) is 0 Å². The van der Waals surface area contributed by atoms with Crippen LogP contribution in [0.1, 0.15) is 0 Å². The Bertz CT molecular complexity index is 44.9. The highest BCUT2D eigenvalue weighted by molar-refractivity contribution is 9.10. The second-order valence-corrected chi connectivity index (χ2v) is 0.792. The summed E-state index contributed by atoms with van der Waals surface area (Å²) in [5, 5.41) is 9.07. The van der Waals surface area contributed by atoms with Crippen molar-refractivity contribution in [3.05, 3.63) is 15.6 Å². The van der Waals surface area contributed by atoms with E-state index in [-0.39, 0.29) is 0 Å². The molecule has 0 bridgehead atoms. The molecule has 5 heavy (non-hydrogen) atoms. The molecule has 0 unspecified atom stereocenters. The van der Waals surface area contributed by atoms with Crippen molar-refractivity contribution < 1.29 is 4.92 Å². The Hall–Kier alpha value is -0.250. The van der Waals surface area contributed by atoms with Crippen LogP contribution in [0, 0.1) is 15.6 Å². The van der Waals surface area contributed by atoms with Crippen LogP contribution in [0.2, 0.25) is 0 Å². The zero-order valence-corrected chi connectivity index (χ0v) is 3.81. The van der Waals surface area contributed by atoms with Gasteiger partial charge >= 0.3 is 0 Å². The molecule has 0 rings (SSSR count). The molecule has 0 aromatic carbocycles. The topological polar surface area (TPSA) is 43.1 Å². The van der Waals surface area contributed by atoms with E-state index in [9.17, 15) is 0 Å². The minimum Gasteiger partial charge on any atom is -0.294 e. The normalized spacial score (nSPS) is 6.60. The molecule has 0 aliphatic heterocycles. The summed E-state index contributed by atoms with van der Waals surface area (Å²) >= 11 is 2.49. The molecule has 3 nitrogen and oxygen atoms in total. The van der Waals surface area contributed by atoms with Crippen molar-refractivity contribution in [2.45, 2.75) is 0 Å². The molecule has 0 atom stereocenters. The minimum atomic E-state index is -0.583. The summed E-state index contributed by atoms with van der Waals surface area (Å²) in [5.41, 5.74) is 0.701. The maximum absolute atomic E-state index is 9.07. The smallest absolute Gasteiger partial charge is 0.00263 e. The fourth-order valence-electron chi connectivity index (χ4n) is 0. The van der Waals surface area contributed by atoms with Crippen LogP contribution >= 0.6 is 15.9 Å². The SMILES string of the molecule is O=[N+]([O-])[CH-]Br.